The predicted octanol–water partition coefficient (Wildman–Crippen LogP) is 2.69. The topological polar surface area (TPSA) is 20.3 Å². The lowest BCUT2D eigenvalue weighted by Crippen LogP contribution is -2.41. The Hall–Kier alpha value is -1.38. The minimum atomic E-state index is -0.193. The van der Waals surface area contributed by atoms with Crippen LogP contribution in [-0.2, 0) is 4.79 Å². The van der Waals surface area contributed by atoms with Crippen LogP contribution in [0.5, 0.6) is 0 Å². The van der Waals surface area contributed by atoms with Crippen LogP contribution >= 0.6 is 0 Å². The Labute approximate surface area is 95.1 Å². The Kier molecular flexibility index (Phi) is 2.95. The van der Waals surface area contributed by atoms with Crippen molar-refractivity contribution >= 4 is 11.5 Å². The van der Waals surface area contributed by atoms with Gasteiger partial charge in [-0.05, 0) is 31.5 Å². The van der Waals surface area contributed by atoms with Crippen molar-refractivity contribution in [3.05, 3.63) is 29.6 Å². The van der Waals surface area contributed by atoms with E-state index in [1.807, 2.05) is 24.8 Å². The summed E-state index contributed by atoms with van der Waals surface area (Å²) >= 11 is 0. The zero-order valence-corrected chi connectivity index (χ0v) is 9.66. The first-order chi connectivity index (χ1) is 7.58. The van der Waals surface area contributed by atoms with E-state index < -0.39 is 0 Å². The maximum atomic E-state index is 13.8. The highest BCUT2D eigenvalue weighted by atomic mass is 19.1. The van der Waals surface area contributed by atoms with Gasteiger partial charge in [-0.2, -0.15) is 0 Å². The highest BCUT2D eigenvalue weighted by molar-refractivity contribution is 5.81. The van der Waals surface area contributed by atoms with Crippen molar-refractivity contribution in [2.45, 2.75) is 32.7 Å². The third kappa shape index (κ3) is 2.08. The molecule has 0 aromatic heterocycles. The number of benzene rings is 1. The number of ketones is 1. The standard InChI is InChI=1S/C13H16FNO/c1-9-3-4-13(12(14)7-9)15-6-5-11(16)8-10(15)2/h3-4,7,10H,5-6,8H2,1-2H3. The summed E-state index contributed by atoms with van der Waals surface area (Å²) in [6.07, 6.45) is 1.05. The molecule has 1 unspecified atom stereocenters. The van der Waals surface area contributed by atoms with Crippen LogP contribution in [0.25, 0.3) is 0 Å². The number of carbonyl (C=O) groups excluding carboxylic acids is 1. The van der Waals surface area contributed by atoms with E-state index in [1.54, 1.807) is 12.1 Å². The average Bonchev–Trinajstić information content (AvgIpc) is 2.19. The van der Waals surface area contributed by atoms with Crippen molar-refractivity contribution in [3.8, 4) is 0 Å². The number of Topliss-reactive ketones (excluding diaryl/α,β-unsaturated/α-hetero) is 1. The monoisotopic (exact) mass is 221 g/mol. The number of anilines is 1. The van der Waals surface area contributed by atoms with Gasteiger partial charge in [-0.3, -0.25) is 4.79 Å². The SMILES string of the molecule is Cc1ccc(N2CCC(=O)CC2C)c(F)c1. The van der Waals surface area contributed by atoms with Crippen molar-refractivity contribution in [1.29, 1.82) is 0 Å². The maximum absolute atomic E-state index is 13.8. The molecule has 86 valence electrons. The van der Waals surface area contributed by atoms with Gasteiger partial charge >= 0.3 is 0 Å². The Balaban J connectivity index is 2.26. The first-order valence-electron chi connectivity index (χ1n) is 5.62. The number of hydrogen-bond donors (Lipinski definition) is 0. The summed E-state index contributed by atoms with van der Waals surface area (Å²) in [4.78, 5) is 13.3. The van der Waals surface area contributed by atoms with Crippen LogP contribution in [0.3, 0.4) is 0 Å². The van der Waals surface area contributed by atoms with Crippen LogP contribution in [0.1, 0.15) is 25.3 Å². The Morgan fingerprint density at radius 3 is 2.81 bits per heavy atom. The summed E-state index contributed by atoms with van der Waals surface area (Å²) in [5.41, 5.74) is 1.53. The van der Waals surface area contributed by atoms with E-state index in [0.29, 0.717) is 25.1 Å². The molecule has 1 saturated heterocycles. The van der Waals surface area contributed by atoms with E-state index in [-0.39, 0.29) is 17.6 Å². The van der Waals surface area contributed by atoms with E-state index in [9.17, 15) is 9.18 Å². The number of piperidine rings is 1. The first kappa shape index (κ1) is 11.1. The number of hydrogen-bond acceptors (Lipinski definition) is 2. The molecule has 0 aliphatic carbocycles. The summed E-state index contributed by atoms with van der Waals surface area (Å²) in [6.45, 7) is 4.46. The molecular formula is C13H16FNO. The van der Waals surface area contributed by atoms with E-state index in [4.69, 9.17) is 0 Å². The molecule has 2 rings (SSSR count). The Bertz CT molecular complexity index is 416. The van der Waals surface area contributed by atoms with Crippen molar-refractivity contribution in [2.24, 2.45) is 0 Å². The van der Waals surface area contributed by atoms with E-state index >= 15 is 0 Å². The van der Waals surface area contributed by atoms with Crippen LogP contribution in [0, 0.1) is 12.7 Å². The Morgan fingerprint density at radius 1 is 1.44 bits per heavy atom. The smallest absolute Gasteiger partial charge is 0.146 e. The number of nitrogens with zero attached hydrogens (tertiary/aromatic N) is 1. The summed E-state index contributed by atoms with van der Waals surface area (Å²) in [6, 6.07) is 5.34. The summed E-state index contributed by atoms with van der Waals surface area (Å²) in [7, 11) is 0. The highest BCUT2D eigenvalue weighted by Gasteiger charge is 2.25. The molecule has 0 amide bonds. The molecule has 0 saturated carbocycles. The fourth-order valence-corrected chi connectivity index (χ4v) is 2.21. The predicted molar refractivity (Wildman–Crippen MR) is 62.2 cm³/mol. The van der Waals surface area contributed by atoms with Gasteiger partial charge in [-0.15, -0.1) is 0 Å². The molecule has 1 atom stereocenters. The fraction of sp³-hybridized carbons (Fsp3) is 0.462. The molecule has 1 heterocycles. The molecule has 16 heavy (non-hydrogen) atoms. The highest BCUT2D eigenvalue weighted by Crippen LogP contribution is 2.26. The van der Waals surface area contributed by atoms with E-state index in [0.717, 1.165) is 5.56 Å². The zero-order chi connectivity index (χ0) is 11.7. The molecule has 1 aliphatic heterocycles. The molecule has 1 aromatic rings. The molecule has 0 radical (unpaired) electrons. The van der Waals surface area contributed by atoms with E-state index in [2.05, 4.69) is 0 Å². The van der Waals surface area contributed by atoms with Crippen LogP contribution in [0.2, 0.25) is 0 Å². The van der Waals surface area contributed by atoms with Gasteiger partial charge in [-0.25, -0.2) is 4.39 Å². The molecule has 0 bridgehead atoms. The van der Waals surface area contributed by atoms with E-state index in [1.165, 1.54) is 0 Å². The summed E-state index contributed by atoms with van der Waals surface area (Å²) < 4.78 is 13.8. The number of halogens is 1. The van der Waals surface area contributed by atoms with Crippen molar-refractivity contribution in [3.63, 3.8) is 0 Å². The lowest BCUT2D eigenvalue weighted by atomic mass is 10.0. The van der Waals surface area contributed by atoms with Gasteiger partial charge in [-0.1, -0.05) is 6.07 Å². The van der Waals surface area contributed by atoms with Crippen molar-refractivity contribution in [2.75, 3.05) is 11.4 Å². The molecule has 1 aromatic carbocycles. The largest absolute Gasteiger partial charge is 0.366 e. The molecule has 1 aliphatic rings. The second kappa shape index (κ2) is 4.24. The van der Waals surface area contributed by atoms with Gasteiger partial charge in [0.1, 0.15) is 11.6 Å². The van der Waals surface area contributed by atoms with Gasteiger partial charge in [0.05, 0.1) is 5.69 Å². The third-order valence-electron chi connectivity index (χ3n) is 3.10. The molecule has 2 nitrogen and oxygen atoms in total. The second-order valence-electron chi connectivity index (χ2n) is 4.49. The number of aryl methyl sites for hydroxylation is 1. The van der Waals surface area contributed by atoms with Crippen LogP contribution < -0.4 is 4.90 Å². The average molecular weight is 221 g/mol. The van der Waals surface area contributed by atoms with Gasteiger partial charge < -0.3 is 4.90 Å². The minimum absolute atomic E-state index is 0.0958. The van der Waals surface area contributed by atoms with Crippen LogP contribution in [0.4, 0.5) is 10.1 Å². The number of rotatable bonds is 1. The maximum Gasteiger partial charge on any atom is 0.146 e. The van der Waals surface area contributed by atoms with Gasteiger partial charge in [0.2, 0.25) is 0 Å². The summed E-state index contributed by atoms with van der Waals surface area (Å²) in [5.74, 6) is 0.0810. The fourth-order valence-electron chi connectivity index (χ4n) is 2.21. The summed E-state index contributed by atoms with van der Waals surface area (Å²) in [5, 5.41) is 0. The molecule has 0 N–H and O–H groups in total. The lowest BCUT2D eigenvalue weighted by molar-refractivity contribution is -0.120. The quantitative estimate of drug-likeness (QED) is 0.726. The first-order valence-corrected chi connectivity index (χ1v) is 5.62. The normalized spacial score (nSPS) is 21.3. The zero-order valence-electron chi connectivity index (χ0n) is 9.66. The van der Waals surface area contributed by atoms with Gasteiger partial charge in [0, 0.05) is 25.4 Å². The molecule has 1 fully saturated rings. The molecular weight excluding hydrogens is 205 g/mol. The Morgan fingerprint density at radius 2 is 2.19 bits per heavy atom. The minimum Gasteiger partial charge on any atom is -0.366 e. The number of carbonyl (C=O) groups is 1. The van der Waals surface area contributed by atoms with Crippen LogP contribution in [0.15, 0.2) is 18.2 Å². The van der Waals surface area contributed by atoms with Crippen LogP contribution in [-0.4, -0.2) is 18.4 Å². The molecule has 0 spiro atoms. The van der Waals surface area contributed by atoms with Crippen molar-refractivity contribution in [1.82, 2.24) is 0 Å². The third-order valence-corrected chi connectivity index (χ3v) is 3.10. The lowest BCUT2D eigenvalue weighted by Gasteiger charge is -2.34. The van der Waals surface area contributed by atoms with Gasteiger partial charge in [0.15, 0.2) is 0 Å². The second-order valence-corrected chi connectivity index (χ2v) is 4.49. The van der Waals surface area contributed by atoms with Gasteiger partial charge in [0.25, 0.3) is 0 Å². The molecule has 3 heteroatoms. The van der Waals surface area contributed by atoms with Crippen molar-refractivity contribution < 1.29 is 9.18 Å².